The zero-order valence-corrected chi connectivity index (χ0v) is 17.0. The van der Waals surface area contributed by atoms with Crippen molar-refractivity contribution in [2.75, 3.05) is 18.4 Å². The van der Waals surface area contributed by atoms with E-state index in [1.807, 2.05) is 6.92 Å². The molecule has 3 aromatic rings. The van der Waals surface area contributed by atoms with Crippen LogP contribution in [0.4, 0.5) is 15.9 Å². The fourth-order valence-electron chi connectivity index (χ4n) is 3.74. The van der Waals surface area contributed by atoms with E-state index >= 15 is 0 Å². The first kappa shape index (κ1) is 20.6. The fourth-order valence-corrected chi connectivity index (χ4v) is 3.74. The van der Waals surface area contributed by atoms with E-state index < -0.39 is 5.91 Å². The van der Waals surface area contributed by atoms with Crippen LogP contribution in [0.2, 0.25) is 0 Å². The number of nitrogens with one attached hydrogen (secondary N) is 1. The van der Waals surface area contributed by atoms with Gasteiger partial charge in [-0.2, -0.15) is 10.4 Å². The Morgan fingerprint density at radius 1 is 1.42 bits per heavy atom. The van der Waals surface area contributed by atoms with Crippen LogP contribution >= 0.6 is 0 Å². The Bertz CT molecular complexity index is 1120. The molecule has 1 aromatic carbocycles. The second kappa shape index (κ2) is 8.57. The van der Waals surface area contributed by atoms with Gasteiger partial charge in [-0.05, 0) is 37.6 Å². The fraction of sp³-hybridized carbons (Fsp3) is 0.333. The van der Waals surface area contributed by atoms with Gasteiger partial charge in [-0.1, -0.05) is 0 Å². The number of piperidine rings is 1. The molecular weight excluding hydrogens is 401 g/mol. The van der Waals surface area contributed by atoms with Crippen LogP contribution in [0, 0.1) is 30.0 Å². The zero-order valence-electron chi connectivity index (χ0n) is 17.0. The number of aromatic nitrogens is 3. The van der Waals surface area contributed by atoms with Crippen molar-refractivity contribution in [1.29, 1.82) is 5.26 Å². The number of carbonyl (C=O) groups is 1. The van der Waals surface area contributed by atoms with Crippen LogP contribution in [0.25, 0.3) is 0 Å². The second-order valence-electron chi connectivity index (χ2n) is 7.56. The molecule has 3 heterocycles. The number of nitrogens with two attached hydrogens (primary N) is 1. The van der Waals surface area contributed by atoms with Gasteiger partial charge in [-0.25, -0.2) is 9.37 Å². The lowest BCUT2D eigenvalue weighted by Crippen LogP contribution is -2.41. The van der Waals surface area contributed by atoms with Crippen molar-refractivity contribution < 1.29 is 13.6 Å². The minimum Gasteiger partial charge on any atom is -0.447 e. The van der Waals surface area contributed by atoms with E-state index in [4.69, 9.17) is 10.2 Å². The minimum atomic E-state index is -0.644. The molecule has 0 radical (unpaired) electrons. The number of aryl methyl sites for hydroxylation is 1. The van der Waals surface area contributed by atoms with Crippen molar-refractivity contribution in [2.24, 2.45) is 11.7 Å². The Hall–Kier alpha value is -3.71. The lowest BCUT2D eigenvalue weighted by atomic mass is 9.93. The Morgan fingerprint density at radius 2 is 2.19 bits per heavy atom. The highest BCUT2D eigenvalue weighted by Gasteiger charge is 2.33. The number of nitriles is 1. The monoisotopic (exact) mass is 423 g/mol. The Kier molecular flexibility index (Phi) is 5.68. The highest BCUT2D eigenvalue weighted by Crippen LogP contribution is 2.30. The first-order valence-corrected chi connectivity index (χ1v) is 9.87. The number of hydrogen-bond acceptors (Lipinski definition) is 7. The maximum absolute atomic E-state index is 13.2. The van der Waals surface area contributed by atoms with Gasteiger partial charge in [0.05, 0.1) is 30.3 Å². The number of carbonyl (C=O) groups excluding carboxylic acids is 1. The summed E-state index contributed by atoms with van der Waals surface area (Å²) in [6.45, 7) is 3.75. The number of oxazole rings is 1. The summed E-state index contributed by atoms with van der Waals surface area (Å²) in [5, 5.41) is 17.2. The average Bonchev–Trinajstić information content (AvgIpc) is 3.36. The van der Waals surface area contributed by atoms with Crippen LogP contribution in [-0.4, -0.2) is 38.7 Å². The maximum atomic E-state index is 13.2. The van der Waals surface area contributed by atoms with Crippen LogP contribution in [0.5, 0.6) is 0 Å². The molecule has 2 aromatic heterocycles. The van der Waals surface area contributed by atoms with Gasteiger partial charge in [0.2, 0.25) is 0 Å². The summed E-state index contributed by atoms with van der Waals surface area (Å²) >= 11 is 0. The molecule has 4 rings (SSSR count). The zero-order chi connectivity index (χ0) is 22.0. The predicted octanol–water partition coefficient (Wildman–Crippen LogP) is 2.75. The van der Waals surface area contributed by atoms with Gasteiger partial charge in [0, 0.05) is 25.0 Å². The molecule has 10 heteroatoms. The van der Waals surface area contributed by atoms with Crippen LogP contribution in [0.1, 0.15) is 34.3 Å². The summed E-state index contributed by atoms with van der Waals surface area (Å²) in [5.74, 6) is -0.238. The summed E-state index contributed by atoms with van der Waals surface area (Å²) in [6, 6.07) is 7.77. The van der Waals surface area contributed by atoms with E-state index in [1.165, 1.54) is 18.5 Å². The van der Waals surface area contributed by atoms with Crippen molar-refractivity contribution in [3.05, 3.63) is 59.7 Å². The molecule has 1 fully saturated rings. The maximum Gasteiger partial charge on any atom is 0.254 e. The number of likely N-dealkylation sites (tertiary alicyclic amines) is 1. The topological polar surface area (TPSA) is 126 Å². The van der Waals surface area contributed by atoms with Crippen molar-refractivity contribution in [3.8, 4) is 6.07 Å². The van der Waals surface area contributed by atoms with Crippen LogP contribution in [-0.2, 0) is 6.54 Å². The van der Waals surface area contributed by atoms with E-state index in [0.717, 1.165) is 18.0 Å². The number of halogens is 1. The Labute approximate surface area is 178 Å². The van der Waals surface area contributed by atoms with E-state index in [2.05, 4.69) is 26.4 Å². The van der Waals surface area contributed by atoms with Crippen molar-refractivity contribution in [3.63, 3.8) is 0 Å². The summed E-state index contributed by atoms with van der Waals surface area (Å²) in [4.78, 5) is 18.3. The highest BCUT2D eigenvalue weighted by molar-refractivity contribution is 5.98. The van der Waals surface area contributed by atoms with Crippen molar-refractivity contribution in [1.82, 2.24) is 19.7 Å². The summed E-state index contributed by atoms with van der Waals surface area (Å²) in [7, 11) is 0. The standard InChI is InChI=1S/C21H22FN7O2/c1-13-19(31-12-25-13)11-28-7-6-14(8-23)18(10-28)29-9-17(20(24)30)21(27-29)26-16-4-2-15(22)3-5-16/h2-5,9,12,14,18H,6-7,10-11H2,1H3,(H2,24,30)(H,26,27)/t14-,18+/m0/s1. The van der Waals surface area contributed by atoms with E-state index in [9.17, 15) is 14.4 Å². The molecule has 1 amide bonds. The lowest BCUT2D eigenvalue weighted by Gasteiger charge is -2.35. The molecular formula is C21H22FN7O2. The number of anilines is 2. The predicted molar refractivity (Wildman–Crippen MR) is 110 cm³/mol. The molecule has 0 unspecified atom stereocenters. The van der Waals surface area contributed by atoms with Crippen LogP contribution in [0.15, 0.2) is 41.3 Å². The summed E-state index contributed by atoms with van der Waals surface area (Å²) in [6.07, 6.45) is 3.64. The van der Waals surface area contributed by atoms with Gasteiger partial charge in [0.25, 0.3) is 5.91 Å². The van der Waals surface area contributed by atoms with E-state index in [0.29, 0.717) is 25.2 Å². The molecule has 1 saturated heterocycles. The van der Waals surface area contributed by atoms with Crippen molar-refractivity contribution in [2.45, 2.75) is 25.9 Å². The van der Waals surface area contributed by atoms with Gasteiger partial charge >= 0.3 is 0 Å². The molecule has 2 atom stereocenters. The Balaban J connectivity index is 1.59. The van der Waals surface area contributed by atoms with E-state index in [-0.39, 0.29) is 29.2 Å². The number of hydrogen-bond donors (Lipinski definition) is 2. The smallest absolute Gasteiger partial charge is 0.254 e. The summed E-state index contributed by atoms with van der Waals surface area (Å²) in [5.41, 5.74) is 7.15. The minimum absolute atomic E-state index is 0.198. The third kappa shape index (κ3) is 4.41. The third-order valence-electron chi connectivity index (χ3n) is 5.49. The molecule has 1 aliphatic heterocycles. The van der Waals surface area contributed by atoms with Gasteiger partial charge in [0.15, 0.2) is 12.2 Å². The SMILES string of the molecule is Cc1ncoc1CN1CC[C@@H](C#N)[C@H](n2cc(C(N)=O)c(Nc3ccc(F)cc3)n2)C1. The quantitative estimate of drug-likeness (QED) is 0.624. The number of benzene rings is 1. The van der Waals surface area contributed by atoms with Gasteiger partial charge in [0.1, 0.15) is 17.1 Å². The molecule has 160 valence electrons. The Morgan fingerprint density at radius 3 is 2.84 bits per heavy atom. The molecule has 1 aliphatic rings. The van der Waals surface area contributed by atoms with Gasteiger partial charge in [-0.15, -0.1) is 0 Å². The lowest BCUT2D eigenvalue weighted by molar-refractivity contribution is 0.1000. The first-order chi connectivity index (χ1) is 14.9. The van der Waals surface area contributed by atoms with Crippen LogP contribution < -0.4 is 11.1 Å². The first-order valence-electron chi connectivity index (χ1n) is 9.87. The van der Waals surface area contributed by atoms with Gasteiger partial charge in [-0.3, -0.25) is 14.4 Å². The van der Waals surface area contributed by atoms with Crippen LogP contribution in [0.3, 0.4) is 0 Å². The molecule has 0 aliphatic carbocycles. The number of amides is 1. The normalized spacial score (nSPS) is 19.1. The highest BCUT2D eigenvalue weighted by atomic mass is 19.1. The summed E-state index contributed by atoms with van der Waals surface area (Å²) < 4.78 is 20.3. The molecule has 0 saturated carbocycles. The van der Waals surface area contributed by atoms with E-state index in [1.54, 1.807) is 23.0 Å². The molecule has 0 spiro atoms. The van der Waals surface area contributed by atoms with Crippen molar-refractivity contribution >= 4 is 17.4 Å². The molecule has 9 nitrogen and oxygen atoms in total. The third-order valence-corrected chi connectivity index (χ3v) is 5.49. The number of nitrogens with zero attached hydrogens (tertiary/aromatic N) is 5. The number of primary amides is 1. The molecule has 31 heavy (non-hydrogen) atoms. The second-order valence-corrected chi connectivity index (χ2v) is 7.56. The number of rotatable bonds is 6. The molecule has 0 bridgehead atoms. The average molecular weight is 423 g/mol. The largest absolute Gasteiger partial charge is 0.447 e. The molecule has 3 N–H and O–H groups in total. The van der Waals surface area contributed by atoms with Gasteiger partial charge < -0.3 is 15.5 Å².